The number of hydrogen-bond acceptors (Lipinski definition) is 15. The van der Waals surface area contributed by atoms with Crippen LogP contribution >= 0.6 is 0 Å². The van der Waals surface area contributed by atoms with E-state index in [1.165, 1.54) is 122 Å². The molecule has 12 bridgehead atoms. The zero-order valence-electron chi connectivity index (χ0n) is 58.5. The van der Waals surface area contributed by atoms with Gasteiger partial charge < -0.3 is 37.9 Å². The third kappa shape index (κ3) is 17.5. The summed E-state index contributed by atoms with van der Waals surface area (Å²) in [6.07, 6.45) is 29.0. The Labute approximate surface area is 551 Å². The summed E-state index contributed by atoms with van der Waals surface area (Å²) in [5.74, 6) is 7.93. The lowest BCUT2D eigenvalue weighted by Gasteiger charge is -2.61. The molecule has 1 unspecified atom stereocenters. The number of hydrogen-bond donors (Lipinski definition) is 0. The summed E-state index contributed by atoms with van der Waals surface area (Å²) in [4.78, 5) is 79.7. The minimum Gasteiger partial charge on any atom is -0.458 e. The van der Waals surface area contributed by atoms with Crippen LogP contribution in [0.2, 0.25) is 0 Å². The van der Waals surface area contributed by atoms with Crippen LogP contribution in [0.1, 0.15) is 244 Å². The van der Waals surface area contributed by atoms with Crippen LogP contribution in [0, 0.1) is 76.9 Å². The summed E-state index contributed by atoms with van der Waals surface area (Å²) in [7, 11) is 0. The molecule has 0 aromatic carbocycles. The smallest absolute Gasteiger partial charge is 0.458 e. The molecular formula is C77H116O15. The highest BCUT2D eigenvalue weighted by Gasteiger charge is 2.62. The van der Waals surface area contributed by atoms with Gasteiger partial charge in [-0.3, -0.25) is 0 Å². The van der Waals surface area contributed by atoms with Crippen molar-refractivity contribution in [2.45, 2.75) is 278 Å². The molecule has 15 nitrogen and oxygen atoms in total. The van der Waals surface area contributed by atoms with Crippen molar-refractivity contribution in [1.82, 2.24) is 0 Å². The van der Waals surface area contributed by atoms with E-state index in [9.17, 15) is 33.6 Å². The van der Waals surface area contributed by atoms with E-state index in [4.69, 9.17) is 28.4 Å². The Kier molecular flexibility index (Phi) is 24.9. The van der Waals surface area contributed by atoms with Gasteiger partial charge in [-0.25, -0.2) is 33.6 Å². The van der Waals surface area contributed by atoms with E-state index < -0.39 is 18.2 Å². The van der Waals surface area contributed by atoms with Crippen LogP contribution < -0.4 is 0 Å². The molecule has 14 saturated carbocycles. The standard InChI is InChI=1S/C17H26O2.C16H24O2.C15H22O2.C11H18O2.C10H16O2.C8H10O5/c1-10(2)16(18)19-17(11(3)4)14-6-12-5-13(8-14)9-15(17)7-12;1-4-16(18-15(17)10(2)3)13-6-11-5-12(8-13)9-14(16)7-11;1-9(2)14(16)17-15(3)12-5-10-4-11(7-12)8-13(15)6-10;1-4-11(7-5-6-8-11)13-10(12)9(2)3;1-8(2)9(11)12-10(3)6-4-5-7-10;1-5(2)7(9)11-3-6-4-12-8(10)13-6/h11-15H,1,5-9H2,2-4H3;11-14H,2,4-9H2,1,3H3;10-13H,1,4-8H2,2-3H3;2,4-8H2,1,3H3;1,4-7H2,2-3H3;6H,1,3-4H2,2H3. The van der Waals surface area contributed by atoms with Crippen molar-refractivity contribution in [1.29, 1.82) is 0 Å². The third-order valence-corrected chi connectivity index (χ3v) is 23.6. The van der Waals surface area contributed by atoms with E-state index in [1.807, 2.05) is 6.92 Å². The first kappa shape index (κ1) is 73.9. The van der Waals surface area contributed by atoms with Crippen LogP contribution in [0.5, 0.6) is 0 Å². The summed E-state index contributed by atoms with van der Waals surface area (Å²) >= 11 is 0. The van der Waals surface area contributed by atoms with E-state index in [1.54, 1.807) is 41.5 Å². The monoisotopic (exact) mass is 1280 g/mol. The van der Waals surface area contributed by atoms with E-state index in [0.29, 0.717) is 74.9 Å². The second-order valence-corrected chi connectivity index (χ2v) is 31.3. The average Bonchev–Trinajstić information content (AvgIpc) is 0.836. The van der Waals surface area contributed by atoms with Crippen molar-refractivity contribution in [3.8, 4) is 0 Å². The molecule has 92 heavy (non-hydrogen) atoms. The lowest BCUT2D eigenvalue weighted by molar-refractivity contribution is -0.221. The third-order valence-electron chi connectivity index (χ3n) is 23.6. The molecular weight excluding hydrogens is 1160 g/mol. The number of esters is 6. The van der Waals surface area contributed by atoms with Crippen molar-refractivity contribution >= 4 is 42.0 Å². The minimum atomic E-state index is -0.726. The summed E-state index contributed by atoms with van der Waals surface area (Å²) in [6.45, 7) is 44.9. The number of ether oxygens (including phenoxy) is 8. The van der Waals surface area contributed by atoms with Gasteiger partial charge in [0.15, 0.2) is 6.10 Å². The first-order chi connectivity index (χ1) is 43.2. The van der Waals surface area contributed by atoms with Crippen LogP contribution in [0.25, 0.3) is 0 Å². The summed E-state index contributed by atoms with van der Waals surface area (Å²) in [5.41, 5.74) is 1.95. The molecule has 15 rings (SSSR count). The number of carbonyl (C=O) groups excluding carboxylic acids is 7. The minimum absolute atomic E-state index is 0.0113. The van der Waals surface area contributed by atoms with Gasteiger partial charge in [-0.1, -0.05) is 67.2 Å². The zero-order valence-corrected chi connectivity index (χ0v) is 58.5. The number of rotatable bonds is 16. The van der Waals surface area contributed by atoms with Crippen LogP contribution in [0.3, 0.4) is 0 Å². The normalized spacial score (nSPS) is 34.8. The molecule has 15 aliphatic rings. The lowest BCUT2D eigenvalue weighted by atomic mass is 9.47. The molecule has 15 fully saturated rings. The van der Waals surface area contributed by atoms with Gasteiger partial charge in [-0.2, -0.15) is 0 Å². The fourth-order valence-corrected chi connectivity index (χ4v) is 19.1. The van der Waals surface area contributed by atoms with Crippen molar-refractivity contribution in [3.05, 3.63) is 72.9 Å². The van der Waals surface area contributed by atoms with E-state index in [0.717, 1.165) is 74.0 Å². The Balaban J connectivity index is 0.000000158. The average molecular weight is 1280 g/mol. The zero-order chi connectivity index (χ0) is 67.8. The first-order valence-corrected chi connectivity index (χ1v) is 35.3. The summed E-state index contributed by atoms with van der Waals surface area (Å²) in [5, 5.41) is 0. The molecule has 0 spiro atoms. The Morgan fingerprint density at radius 2 is 0.793 bits per heavy atom. The van der Waals surface area contributed by atoms with Gasteiger partial charge in [0.2, 0.25) is 0 Å². The molecule has 0 radical (unpaired) electrons. The van der Waals surface area contributed by atoms with Crippen molar-refractivity contribution in [3.63, 3.8) is 0 Å². The molecule has 514 valence electrons. The Morgan fingerprint density at radius 3 is 1.15 bits per heavy atom. The molecule has 15 heteroatoms. The second-order valence-electron chi connectivity index (χ2n) is 31.3. The lowest BCUT2D eigenvalue weighted by Crippen LogP contribution is -2.62. The Morgan fingerprint density at radius 1 is 0.446 bits per heavy atom. The maximum atomic E-state index is 12.1. The second kappa shape index (κ2) is 30.9. The van der Waals surface area contributed by atoms with Gasteiger partial charge in [-0.05, 0) is 293 Å². The van der Waals surface area contributed by atoms with Crippen LogP contribution in [0.4, 0.5) is 4.79 Å². The van der Waals surface area contributed by atoms with Crippen molar-refractivity contribution < 1.29 is 71.5 Å². The molecule has 0 aromatic rings. The van der Waals surface area contributed by atoms with E-state index in [2.05, 4.69) is 83.6 Å². The van der Waals surface area contributed by atoms with Crippen molar-refractivity contribution in [2.24, 2.45) is 76.9 Å². The number of cyclic esters (lactones) is 2. The summed E-state index contributed by atoms with van der Waals surface area (Å²) in [6, 6.07) is 0. The van der Waals surface area contributed by atoms with Crippen LogP contribution in [-0.4, -0.2) is 89.3 Å². The SMILES string of the molecule is C=C(C)C(=O)OC1(C(C)C)C2CC3CC(C2)CC1C3.C=C(C)C(=O)OC1(C)C2CC3CC(C2)CC1C3.C=C(C)C(=O)OC1(C)CCCC1.C=C(C)C(=O)OC1(CC)C2CC3CC(C2)CC1C3.C=C(C)C(=O)OC1(CC)CCCC1.C=C(C)C(=O)OCC1COC(=O)O1. The maximum Gasteiger partial charge on any atom is 0.508 e. The van der Waals surface area contributed by atoms with Crippen LogP contribution in [0.15, 0.2) is 72.9 Å². The first-order valence-electron chi connectivity index (χ1n) is 35.3. The fraction of sp³-hybridized carbons (Fsp3) is 0.753. The Bertz CT molecular complexity index is 2680. The predicted octanol–water partition coefficient (Wildman–Crippen LogP) is 16.9. The van der Waals surface area contributed by atoms with Crippen LogP contribution in [-0.2, 0) is 66.7 Å². The molecule has 1 aliphatic heterocycles. The van der Waals surface area contributed by atoms with Gasteiger partial charge in [-0.15, -0.1) is 0 Å². The molecule has 0 aromatic heterocycles. The van der Waals surface area contributed by atoms with E-state index in [-0.39, 0.29) is 71.1 Å². The van der Waals surface area contributed by atoms with Gasteiger partial charge in [0.25, 0.3) is 0 Å². The Hall–Kier alpha value is -5.47. The highest BCUT2D eigenvalue weighted by atomic mass is 16.8. The summed E-state index contributed by atoms with van der Waals surface area (Å²) < 4.78 is 42.6. The quantitative estimate of drug-likeness (QED) is 0.0804. The van der Waals surface area contributed by atoms with Gasteiger partial charge in [0.05, 0.1) is 0 Å². The van der Waals surface area contributed by atoms with Gasteiger partial charge in [0, 0.05) is 33.4 Å². The van der Waals surface area contributed by atoms with Gasteiger partial charge in [0.1, 0.15) is 41.2 Å². The van der Waals surface area contributed by atoms with E-state index >= 15 is 0 Å². The highest BCUT2D eigenvalue weighted by molar-refractivity contribution is 5.89. The van der Waals surface area contributed by atoms with Gasteiger partial charge >= 0.3 is 42.0 Å². The molecule has 14 aliphatic carbocycles. The number of carbonyl (C=O) groups is 7. The molecule has 1 atom stereocenters. The largest absolute Gasteiger partial charge is 0.508 e. The predicted molar refractivity (Wildman–Crippen MR) is 355 cm³/mol. The molecule has 0 amide bonds. The molecule has 1 saturated heterocycles. The topological polar surface area (TPSA) is 193 Å². The fourth-order valence-electron chi connectivity index (χ4n) is 19.1. The van der Waals surface area contributed by atoms with Crippen molar-refractivity contribution in [2.75, 3.05) is 13.2 Å². The molecule has 1 heterocycles. The highest BCUT2D eigenvalue weighted by Crippen LogP contribution is 2.63. The maximum absolute atomic E-state index is 12.1. The molecule has 0 N–H and O–H groups in total.